The van der Waals surface area contributed by atoms with Crippen LogP contribution in [0.15, 0.2) is 53.8 Å². The molecule has 0 saturated carbocycles. The zero-order chi connectivity index (χ0) is 19.5. The molecule has 0 aliphatic carbocycles. The number of rotatable bonds is 4. The van der Waals surface area contributed by atoms with Gasteiger partial charge in [0.1, 0.15) is 5.82 Å². The Bertz CT molecular complexity index is 1040. The summed E-state index contributed by atoms with van der Waals surface area (Å²) in [5.41, 5.74) is 1.14. The van der Waals surface area contributed by atoms with Gasteiger partial charge in [-0.25, -0.2) is 9.37 Å². The number of piperidine rings is 1. The van der Waals surface area contributed by atoms with Gasteiger partial charge in [0.2, 0.25) is 5.91 Å². The van der Waals surface area contributed by atoms with Gasteiger partial charge < -0.3 is 4.90 Å². The second-order valence-electron chi connectivity index (χ2n) is 7.23. The van der Waals surface area contributed by atoms with Crippen molar-refractivity contribution in [3.05, 3.63) is 70.8 Å². The molecule has 7 heteroatoms. The Morgan fingerprint density at radius 2 is 2.04 bits per heavy atom. The van der Waals surface area contributed by atoms with Crippen LogP contribution in [0.5, 0.6) is 0 Å². The Morgan fingerprint density at radius 1 is 1.21 bits per heavy atom. The lowest BCUT2D eigenvalue weighted by Crippen LogP contribution is -2.40. The van der Waals surface area contributed by atoms with E-state index in [0.717, 1.165) is 18.4 Å². The van der Waals surface area contributed by atoms with E-state index in [1.54, 1.807) is 17.0 Å². The first-order chi connectivity index (χ1) is 13.6. The van der Waals surface area contributed by atoms with Gasteiger partial charge in [-0.2, -0.15) is 0 Å². The predicted molar refractivity (Wildman–Crippen MR) is 103 cm³/mol. The van der Waals surface area contributed by atoms with Crippen molar-refractivity contribution in [3.8, 4) is 0 Å². The van der Waals surface area contributed by atoms with Gasteiger partial charge in [-0.1, -0.05) is 6.07 Å². The summed E-state index contributed by atoms with van der Waals surface area (Å²) < 4.78 is 14.9. The van der Waals surface area contributed by atoms with E-state index in [4.69, 9.17) is 0 Å². The van der Waals surface area contributed by atoms with E-state index in [2.05, 4.69) is 9.97 Å². The largest absolute Gasteiger partial charge is 0.342 e. The van der Waals surface area contributed by atoms with Crippen molar-refractivity contribution in [2.45, 2.75) is 25.8 Å². The van der Waals surface area contributed by atoms with E-state index in [-0.39, 0.29) is 11.5 Å². The van der Waals surface area contributed by atoms with Crippen molar-refractivity contribution in [2.75, 3.05) is 13.1 Å². The molecule has 144 valence electrons. The zero-order valence-corrected chi connectivity index (χ0v) is 15.4. The van der Waals surface area contributed by atoms with E-state index in [0.29, 0.717) is 42.9 Å². The summed E-state index contributed by atoms with van der Waals surface area (Å²) in [5, 5.41) is 0.424. The highest BCUT2D eigenvalue weighted by atomic mass is 19.1. The highest BCUT2D eigenvalue weighted by Crippen LogP contribution is 2.20. The average molecular weight is 380 g/mol. The third-order valence-electron chi connectivity index (χ3n) is 5.29. The third-order valence-corrected chi connectivity index (χ3v) is 5.29. The number of likely N-dealkylation sites (tertiary alicyclic amines) is 1. The van der Waals surface area contributed by atoms with Crippen molar-refractivity contribution >= 4 is 16.8 Å². The van der Waals surface area contributed by atoms with Crippen LogP contribution >= 0.6 is 0 Å². The topological polar surface area (TPSA) is 68.1 Å². The molecule has 3 heterocycles. The SMILES string of the molecule is O=C(Cc1cccnc1)N1CCC(Cn2cnc3cc(F)ccc3c2=O)CC1. The van der Waals surface area contributed by atoms with Crippen LogP contribution in [0.4, 0.5) is 4.39 Å². The second kappa shape index (κ2) is 7.88. The van der Waals surface area contributed by atoms with Crippen molar-refractivity contribution < 1.29 is 9.18 Å². The minimum absolute atomic E-state index is 0.109. The summed E-state index contributed by atoms with van der Waals surface area (Å²) in [6.45, 7) is 1.93. The lowest BCUT2D eigenvalue weighted by atomic mass is 9.96. The first-order valence-electron chi connectivity index (χ1n) is 9.41. The fourth-order valence-corrected chi connectivity index (χ4v) is 3.69. The molecular weight excluding hydrogens is 359 g/mol. The van der Waals surface area contributed by atoms with Crippen molar-refractivity contribution in [3.63, 3.8) is 0 Å². The number of nitrogens with zero attached hydrogens (tertiary/aromatic N) is 4. The molecule has 6 nitrogen and oxygen atoms in total. The number of fused-ring (bicyclic) bond motifs is 1. The minimum Gasteiger partial charge on any atom is -0.342 e. The molecule has 2 aromatic heterocycles. The molecule has 1 fully saturated rings. The standard InChI is InChI=1S/C21H21FN4O2/c22-17-3-4-18-19(11-17)24-14-26(21(18)28)13-15-5-8-25(9-6-15)20(27)10-16-2-1-7-23-12-16/h1-4,7,11-12,14-15H,5-6,8-10,13H2. The first-order valence-corrected chi connectivity index (χ1v) is 9.41. The highest BCUT2D eigenvalue weighted by Gasteiger charge is 2.23. The van der Waals surface area contributed by atoms with Gasteiger partial charge >= 0.3 is 0 Å². The Labute approximate surface area is 161 Å². The van der Waals surface area contributed by atoms with Crippen LogP contribution in [-0.2, 0) is 17.8 Å². The maximum atomic E-state index is 13.3. The van der Waals surface area contributed by atoms with Crippen molar-refractivity contribution in [1.29, 1.82) is 0 Å². The van der Waals surface area contributed by atoms with E-state index < -0.39 is 5.82 Å². The van der Waals surface area contributed by atoms with Gasteiger partial charge in [-0.15, -0.1) is 0 Å². The summed E-state index contributed by atoms with van der Waals surface area (Å²) in [5.74, 6) is 0.0123. The lowest BCUT2D eigenvalue weighted by molar-refractivity contribution is -0.131. The van der Waals surface area contributed by atoms with Gasteiger partial charge in [0.15, 0.2) is 0 Å². The van der Waals surface area contributed by atoms with Crippen LogP contribution in [-0.4, -0.2) is 38.4 Å². The smallest absolute Gasteiger partial charge is 0.261 e. The monoisotopic (exact) mass is 380 g/mol. The fraction of sp³-hybridized carbons (Fsp3) is 0.333. The number of amides is 1. The maximum Gasteiger partial charge on any atom is 0.261 e. The number of aromatic nitrogens is 3. The molecule has 3 aromatic rings. The Morgan fingerprint density at radius 3 is 2.79 bits per heavy atom. The molecule has 0 radical (unpaired) electrons. The van der Waals surface area contributed by atoms with Crippen LogP contribution in [0.1, 0.15) is 18.4 Å². The molecule has 28 heavy (non-hydrogen) atoms. The molecule has 1 amide bonds. The van der Waals surface area contributed by atoms with Gasteiger partial charge in [-0.3, -0.25) is 19.1 Å². The normalized spacial score (nSPS) is 15.1. The molecule has 1 aliphatic heterocycles. The molecule has 1 saturated heterocycles. The predicted octanol–water partition coefficient (Wildman–Crippen LogP) is 2.41. The summed E-state index contributed by atoms with van der Waals surface area (Å²) >= 11 is 0. The average Bonchev–Trinajstić information content (AvgIpc) is 2.71. The van der Waals surface area contributed by atoms with E-state index in [1.165, 1.54) is 24.5 Å². The molecule has 0 spiro atoms. The number of halogens is 1. The third kappa shape index (κ3) is 3.93. The molecule has 0 unspecified atom stereocenters. The Kier molecular flexibility index (Phi) is 5.14. The molecule has 0 bridgehead atoms. The fourth-order valence-electron chi connectivity index (χ4n) is 3.69. The number of carbonyl (C=O) groups is 1. The first kappa shape index (κ1) is 18.3. The lowest BCUT2D eigenvalue weighted by Gasteiger charge is -2.32. The van der Waals surface area contributed by atoms with Gasteiger partial charge in [0.05, 0.1) is 23.7 Å². The van der Waals surface area contributed by atoms with Gasteiger partial charge in [0, 0.05) is 38.1 Å². The summed E-state index contributed by atoms with van der Waals surface area (Å²) in [6, 6.07) is 7.77. The summed E-state index contributed by atoms with van der Waals surface area (Å²) in [4.78, 5) is 35.2. The number of benzene rings is 1. The zero-order valence-electron chi connectivity index (χ0n) is 15.4. The van der Waals surface area contributed by atoms with E-state index in [1.807, 2.05) is 17.0 Å². The quantitative estimate of drug-likeness (QED) is 0.697. The van der Waals surface area contributed by atoms with E-state index >= 15 is 0 Å². The number of hydrogen-bond donors (Lipinski definition) is 0. The highest BCUT2D eigenvalue weighted by molar-refractivity contribution is 5.79. The maximum absolute atomic E-state index is 13.3. The molecule has 1 aliphatic rings. The van der Waals surface area contributed by atoms with Crippen molar-refractivity contribution in [2.24, 2.45) is 5.92 Å². The van der Waals surface area contributed by atoms with Crippen LogP contribution in [0.25, 0.3) is 10.9 Å². The molecule has 4 rings (SSSR count). The van der Waals surface area contributed by atoms with Crippen LogP contribution < -0.4 is 5.56 Å². The molecule has 0 atom stereocenters. The number of hydrogen-bond acceptors (Lipinski definition) is 4. The molecule has 0 N–H and O–H groups in total. The van der Waals surface area contributed by atoms with Gasteiger partial charge in [-0.05, 0) is 42.5 Å². The summed E-state index contributed by atoms with van der Waals surface area (Å²) in [7, 11) is 0. The van der Waals surface area contributed by atoms with E-state index in [9.17, 15) is 14.0 Å². The van der Waals surface area contributed by atoms with Crippen LogP contribution in [0, 0.1) is 11.7 Å². The minimum atomic E-state index is -0.402. The molecular formula is C21H21FN4O2. The molecule has 1 aromatic carbocycles. The van der Waals surface area contributed by atoms with Gasteiger partial charge in [0.25, 0.3) is 5.56 Å². The second-order valence-corrected chi connectivity index (χ2v) is 7.23. The van der Waals surface area contributed by atoms with Crippen LogP contribution in [0.2, 0.25) is 0 Å². The summed E-state index contributed by atoms with van der Waals surface area (Å²) in [6.07, 6.45) is 6.95. The number of pyridine rings is 1. The van der Waals surface area contributed by atoms with Crippen LogP contribution in [0.3, 0.4) is 0 Å². The number of carbonyl (C=O) groups excluding carboxylic acids is 1. The van der Waals surface area contributed by atoms with Crippen molar-refractivity contribution in [1.82, 2.24) is 19.4 Å². The Balaban J connectivity index is 1.37. The Hall–Kier alpha value is -3.09.